The molecule has 0 unspecified atom stereocenters. The summed E-state index contributed by atoms with van der Waals surface area (Å²) < 4.78 is 0. The zero-order valence-corrected chi connectivity index (χ0v) is 11.7. The standard InChI is InChI=1S/C13H18N6O/c1-5-8-14-11-16-12(15-9-6-2)18-13(17-11)19(20-4)10-7-3/h1,3H,6,8-10H2,2,4H3,(H2,14,15,16,17,18). The maximum atomic E-state index is 5.28. The predicted octanol–water partition coefficient (Wildman–Crippen LogP) is 0.740. The second-order valence-corrected chi connectivity index (χ2v) is 3.69. The molecule has 20 heavy (non-hydrogen) atoms. The summed E-state index contributed by atoms with van der Waals surface area (Å²) in [6, 6.07) is 0. The van der Waals surface area contributed by atoms with E-state index in [1.54, 1.807) is 0 Å². The third kappa shape index (κ3) is 4.63. The fourth-order valence-corrected chi connectivity index (χ4v) is 1.30. The Morgan fingerprint density at radius 1 is 1.15 bits per heavy atom. The van der Waals surface area contributed by atoms with E-state index in [9.17, 15) is 0 Å². The van der Waals surface area contributed by atoms with Crippen molar-refractivity contribution in [1.82, 2.24) is 15.0 Å². The van der Waals surface area contributed by atoms with Crippen LogP contribution < -0.4 is 15.7 Å². The quantitative estimate of drug-likeness (QED) is 0.535. The Morgan fingerprint density at radius 3 is 2.40 bits per heavy atom. The number of anilines is 3. The summed E-state index contributed by atoms with van der Waals surface area (Å²) in [6.07, 6.45) is 11.4. The van der Waals surface area contributed by atoms with Crippen molar-refractivity contribution in [3.63, 3.8) is 0 Å². The molecule has 0 bridgehead atoms. The second-order valence-electron chi connectivity index (χ2n) is 3.69. The van der Waals surface area contributed by atoms with Gasteiger partial charge < -0.3 is 10.6 Å². The van der Waals surface area contributed by atoms with Gasteiger partial charge in [0, 0.05) is 6.54 Å². The molecular weight excluding hydrogens is 256 g/mol. The van der Waals surface area contributed by atoms with E-state index in [0.717, 1.165) is 13.0 Å². The number of rotatable bonds is 8. The van der Waals surface area contributed by atoms with Gasteiger partial charge in [-0.1, -0.05) is 18.8 Å². The number of nitrogens with one attached hydrogen (secondary N) is 2. The lowest BCUT2D eigenvalue weighted by Crippen LogP contribution is -2.25. The molecule has 2 N–H and O–H groups in total. The molecule has 0 radical (unpaired) electrons. The van der Waals surface area contributed by atoms with E-state index in [2.05, 4.69) is 37.4 Å². The van der Waals surface area contributed by atoms with Crippen LogP contribution in [0.1, 0.15) is 13.3 Å². The first-order valence-electron chi connectivity index (χ1n) is 6.17. The summed E-state index contributed by atoms with van der Waals surface area (Å²) in [7, 11) is 1.49. The molecule has 1 rings (SSSR count). The van der Waals surface area contributed by atoms with Gasteiger partial charge >= 0.3 is 0 Å². The monoisotopic (exact) mass is 274 g/mol. The zero-order valence-electron chi connectivity index (χ0n) is 11.7. The minimum absolute atomic E-state index is 0.225. The Labute approximate surface area is 119 Å². The fraction of sp³-hybridized carbons (Fsp3) is 0.462. The summed E-state index contributed by atoms with van der Waals surface area (Å²) >= 11 is 0. The Kier molecular flexibility index (Phi) is 6.66. The lowest BCUT2D eigenvalue weighted by Gasteiger charge is -2.18. The Morgan fingerprint density at radius 2 is 1.85 bits per heavy atom. The first kappa shape index (κ1) is 15.5. The summed E-state index contributed by atoms with van der Waals surface area (Å²) in [5.41, 5.74) is 0. The van der Waals surface area contributed by atoms with Crippen molar-refractivity contribution in [2.24, 2.45) is 0 Å². The van der Waals surface area contributed by atoms with Crippen LogP contribution in [0.4, 0.5) is 17.8 Å². The van der Waals surface area contributed by atoms with Crippen molar-refractivity contribution in [3.05, 3.63) is 0 Å². The molecule has 0 fully saturated rings. The summed E-state index contributed by atoms with van der Waals surface area (Å²) in [5, 5.41) is 7.37. The van der Waals surface area contributed by atoms with Gasteiger partial charge in [-0.3, -0.25) is 4.84 Å². The van der Waals surface area contributed by atoms with Crippen molar-refractivity contribution in [1.29, 1.82) is 0 Å². The van der Waals surface area contributed by atoms with Gasteiger partial charge in [-0.05, 0) is 6.42 Å². The molecule has 1 aromatic rings. The van der Waals surface area contributed by atoms with Crippen molar-refractivity contribution in [2.75, 3.05) is 42.4 Å². The first-order valence-corrected chi connectivity index (χ1v) is 6.17. The van der Waals surface area contributed by atoms with Crippen LogP contribution in [-0.4, -0.2) is 41.7 Å². The molecule has 0 aliphatic carbocycles. The number of terminal acetylenes is 2. The second kappa shape index (κ2) is 8.57. The lowest BCUT2D eigenvalue weighted by molar-refractivity contribution is 0.171. The van der Waals surface area contributed by atoms with Crippen LogP contribution in [0.5, 0.6) is 0 Å². The average Bonchev–Trinajstić information content (AvgIpc) is 2.48. The molecule has 0 atom stereocenters. The van der Waals surface area contributed by atoms with Crippen molar-refractivity contribution in [2.45, 2.75) is 13.3 Å². The molecule has 7 heteroatoms. The van der Waals surface area contributed by atoms with Crippen LogP contribution in [0.15, 0.2) is 0 Å². The summed E-state index contributed by atoms with van der Waals surface area (Å²) in [4.78, 5) is 17.8. The van der Waals surface area contributed by atoms with Gasteiger partial charge in [-0.15, -0.1) is 12.8 Å². The highest BCUT2D eigenvalue weighted by atomic mass is 16.7. The molecule has 0 aliphatic heterocycles. The van der Waals surface area contributed by atoms with Gasteiger partial charge in [0.1, 0.15) is 6.54 Å². The third-order valence-electron chi connectivity index (χ3n) is 2.18. The van der Waals surface area contributed by atoms with Gasteiger partial charge in [0.05, 0.1) is 13.7 Å². The van der Waals surface area contributed by atoms with E-state index in [1.807, 2.05) is 6.92 Å². The summed E-state index contributed by atoms with van der Waals surface area (Å²) in [6.45, 7) is 3.34. The predicted molar refractivity (Wildman–Crippen MR) is 79.1 cm³/mol. The van der Waals surface area contributed by atoms with Crippen LogP contribution >= 0.6 is 0 Å². The van der Waals surface area contributed by atoms with Crippen LogP contribution in [0.25, 0.3) is 0 Å². The van der Waals surface area contributed by atoms with Crippen LogP contribution in [-0.2, 0) is 4.84 Å². The number of aromatic nitrogens is 3. The molecule has 1 aromatic heterocycles. The van der Waals surface area contributed by atoms with Gasteiger partial charge in [-0.25, -0.2) is 5.06 Å². The van der Waals surface area contributed by atoms with E-state index in [4.69, 9.17) is 17.7 Å². The maximum absolute atomic E-state index is 5.28. The molecule has 1 heterocycles. The highest BCUT2D eigenvalue weighted by Gasteiger charge is 2.12. The third-order valence-corrected chi connectivity index (χ3v) is 2.18. The first-order chi connectivity index (χ1) is 9.74. The van der Waals surface area contributed by atoms with Crippen molar-refractivity contribution in [3.8, 4) is 24.7 Å². The fourth-order valence-electron chi connectivity index (χ4n) is 1.30. The zero-order chi connectivity index (χ0) is 14.8. The van der Waals surface area contributed by atoms with Crippen molar-refractivity contribution < 1.29 is 4.84 Å². The van der Waals surface area contributed by atoms with Gasteiger partial charge in [0.25, 0.3) is 5.95 Å². The smallest absolute Gasteiger partial charge is 0.257 e. The SMILES string of the molecule is C#CCNc1nc(NCCC)nc(N(CC#C)OC)n1. The molecule has 0 spiro atoms. The molecular formula is C13H18N6O. The number of nitrogens with zero attached hydrogens (tertiary/aromatic N) is 4. The average molecular weight is 274 g/mol. The minimum Gasteiger partial charge on any atom is -0.354 e. The lowest BCUT2D eigenvalue weighted by atomic mass is 10.5. The molecule has 0 amide bonds. The number of hydrogen-bond donors (Lipinski definition) is 2. The summed E-state index contributed by atoms with van der Waals surface area (Å²) in [5.74, 6) is 6.05. The normalized spacial score (nSPS) is 9.40. The van der Waals surface area contributed by atoms with Gasteiger partial charge in [-0.2, -0.15) is 15.0 Å². The topological polar surface area (TPSA) is 75.2 Å². The van der Waals surface area contributed by atoms with E-state index >= 15 is 0 Å². The van der Waals surface area contributed by atoms with E-state index in [0.29, 0.717) is 24.4 Å². The van der Waals surface area contributed by atoms with Crippen LogP contribution in [0.2, 0.25) is 0 Å². The van der Waals surface area contributed by atoms with Gasteiger partial charge in [0.2, 0.25) is 11.9 Å². The van der Waals surface area contributed by atoms with E-state index in [-0.39, 0.29) is 6.54 Å². The van der Waals surface area contributed by atoms with Crippen LogP contribution in [0, 0.1) is 24.7 Å². The maximum Gasteiger partial charge on any atom is 0.257 e. The van der Waals surface area contributed by atoms with Gasteiger partial charge in [0.15, 0.2) is 0 Å². The molecule has 0 aromatic carbocycles. The largest absolute Gasteiger partial charge is 0.354 e. The Hall–Kier alpha value is -2.51. The molecule has 0 aliphatic rings. The van der Waals surface area contributed by atoms with Crippen molar-refractivity contribution >= 4 is 17.8 Å². The minimum atomic E-state index is 0.225. The highest BCUT2D eigenvalue weighted by molar-refractivity contribution is 5.43. The van der Waals surface area contributed by atoms with E-state index < -0.39 is 0 Å². The van der Waals surface area contributed by atoms with E-state index in [1.165, 1.54) is 12.2 Å². The highest BCUT2D eigenvalue weighted by Crippen LogP contribution is 2.13. The van der Waals surface area contributed by atoms with Crippen LogP contribution in [0.3, 0.4) is 0 Å². The number of hydrogen-bond acceptors (Lipinski definition) is 7. The molecule has 0 saturated carbocycles. The Bertz CT molecular complexity index is 505. The molecule has 7 nitrogen and oxygen atoms in total. The Balaban J connectivity index is 3.01. The molecule has 0 saturated heterocycles. The molecule has 106 valence electrons. The number of hydroxylamine groups is 1.